The van der Waals surface area contributed by atoms with Crippen molar-refractivity contribution in [2.24, 2.45) is 15.3 Å². The van der Waals surface area contributed by atoms with Crippen LogP contribution in [0, 0.1) is 13.8 Å². The summed E-state index contributed by atoms with van der Waals surface area (Å²) in [5.74, 6) is 1.52. The number of aryl methyl sites for hydroxylation is 2. The number of hydrogen-bond acceptors (Lipinski definition) is 12. The van der Waals surface area contributed by atoms with Crippen molar-refractivity contribution in [2.75, 3.05) is 67.8 Å². The first-order valence-electron chi connectivity index (χ1n) is 12.6. The van der Waals surface area contributed by atoms with Gasteiger partial charge in [0.15, 0.2) is 0 Å². The Morgan fingerprint density at radius 1 is 0.789 bits per heavy atom. The molecule has 38 heavy (non-hydrogen) atoms. The summed E-state index contributed by atoms with van der Waals surface area (Å²) < 4.78 is 10.9. The van der Waals surface area contributed by atoms with Gasteiger partial charge in [-0.1, -0.05) is 6.07 Å². The van der Waals surface area contributed by atoms with Crippen LogP contribution in [0.25, 0.3) is 0 Å². The van der Waals surface area contributed by atoms with Crippen LogP contribution in [0.1, 0.15) is 16.7 Å². The lowest BCUT2D eigenvalue weighted by molar-refractivity contribution is 0.121. The highest BCUT2D eigenvalue weighted by molar-refractivity contribution is 5.85. The molecule has 2 fully saturated rings. The third kappa shape index (κ3) is 6.39. The van der Waals surface area contributed by atoms with Crippen molar-refractivity contribution >= 4 is 35.4 Å². The molecule has 2 saturated heterocycles. The zero-order valence-corrected chi connectivity index (χ0v) is 21.5. The van der Waals surface area contributed by atoms with Crippen LogP contribution in [0.15, 0.2) is 51.7 Å². The predicted molar refractivity (Wildman–Crippen MR) is 145 cm³/mol. The summed E-state index contributed by atoms with van der Waals surface area (Å²) in [4.78, 5) is 18.0. The number of aromatic hydroxyl groups is 1. The number of azo groups is 1. The van der Waals surface area contributed by atoms with E-state index in [0.29, 0.717) is 81.7 Å². The maximum Gasteiger partial charge on any atom is 0.250 e. The molecule has 3 heterocycles. The maximum atomic E-state index is 10.3. The van der Waals surface area contributed by atoms with Crippen molar-refractivity contribution in [1.29, 1.82) is 0 Å². The summed E-state index contributed by atoms with van der Waals surface area (Å²) >= 11 is 0. The number of rotatable bonds is 7. The molecule has 1 aromatic heterocycles. The summed E-state index contributed by atoms with van der Waals surface area (Å²) in [6.45, 7) is 9.38. The number of ether oxygens (including phenoxy) is 2. The van der Waals surface area contributed by atoms with Crippen LogP contribution in [0.4, 0.5) is 29.2 Å². The second kappa shape index (κ2) is 11.9. The van der Waals surface area contributed by atoms with Gasteiger partial charge in [0.1, 0.15) is 5.75 Å². The van der Waals surface area contributed by atoms with Crippen molar-refractivity contribution in [2.45, 2.75) is 13.8 Å². The number of hydrogen-bond donors (Lipinski definition) is 2. The monoisotopic (exact) mass is 517 g/mol. The number of aromatic nitrogens is 3. The lowest BCUT2D eigenvalue weighted by Gasteiger charge is -2.30. The van der Waals surface area contributed by atoms with Gasteiger partial charge in [-0.05, 0) is 55.3 Å². The lowest BCUT2D eigenvalue weighted by Crippen LogP contribution is -2.40. The number of phenolic OH excluding ortho intramolecular Hbond substituents is 1. The Hall–Kier alpha value is -4.16. The summed E-state index contributed by atoms with van der Waals surface area (Å²) in [5.41, 5.74) is 7.08. The van der Waals surface area contributed by atoms with Gasteiger partial charge in [-0.15, -0.1) is 0 Å². The topological polar surface area (TPSA) is 133 Å². The van der Waals surface area contributed by atoms with E-state index in [1.165, 1.54) is 11.8 Å². The molecule has 0 aliphatic carbocycles. The van der Waals surface area contributed by atoms with Crippen molar-refractivity contribution < 1.29 is 14.6 Å². The highest BCUT2D eigenvalue weighted by Crippen LogP contribution is 2.25. The van der Waals surface area contributed by atoms with Crippen LogP contribution < -0.4 is 15.2 Å². The Morgan fingerprint density at radius 3 is 1.97 bits per heavy atom. The molecule has 2 N–H and O–H groups in total. The third-order valence-corrected chi connectivity index (χ3v) is 6.35. The first-order chi connectivity index (χ1) is 18.5. The number of benzene rings is 2. The first kappa shape index (κ1) is 25.5. The molecule has 5 rings (SSSR count). The molecule has 0 radical (unpaired) electrons. The van der Waals surface area contributed by atoms with Crippen molar-refractivity contribution in [1.82, 2.24) is 15.0 Å². The van der Waals surface area contributed by atoms with Gasteiger partial charge >= 0.3 is 0 Å². The smallest absolute Gasteiger partial charge is 0.250 e. The molecular formula is C26H31N9O3. The first-order valence-corrected chi connectivity index (χ1v) is 12.6. The second-order valence-electron chi connectivity index (χ2n) is 9.04. The van der Waals surface area contributed by atoms with Gasteiger partial charge in [-0.25, -0.2) is 5.43 Å². The van der Waals surface area contributed by atoms with Crippen molar-refractivity contribution in [3.8, 4) is 5.75 Å². The molecule has 2 aliphatic heterocycles. The summed E-state index contributed by atoms with van der Waals surface area (Å²) in [7, 11) is 0. The Kier molecular flexibility index (Phi) is 8.00. The summed E-state index contributed by atoms with van der Waals surface area (Å²) in [6.07, 6.45) is 1.50. The fourth-order valence-corrected chi connectivity index (χ4v) is 3.98. The minimum absolute atomic E-state index is 0.0688. The maximum absolute atomic E-state index is 10.3. The molecule has 0 bridgehead atoms. The van der Waals surface area contributed by atoms with E-state index in [-0.39, 0.29) is 5.75 Å². The minimum Gasteiger partial charge on any atom is -0.507 e. The van der Waals surface area contributed by atoms with Gasteiger partial charge < -0.3 is 24.4 Å². The number of nitrogens with zero attached hydrogens (tertiary/aromatic N) is 8. The fourth-order valence-electron chi connectivity index (χ4n) is 3.98. The van der Waals surface area contributed by atoms with Gasteiger partial charge in [-0.3, -0.25) is 0 Å². The molecule has 0 amide bonds. The number of morpholine rings is 2. The molecular weight excluding hydrogens is 486 g/mol. The summed E-state index contributed by atoms with van der Waals surface area (Å²) in [6, 6.07) is 10.9. The van der Waals surface area contributed by atoms with Gasteiger partial charge in [0.25, 0.3) is 0 Å². The van der Waals surface area contributed by atoms with Crippen LogP contribution in [0.5, 0.6) is 5.75 Å². The Balaban J connectivity index is 1.33. The molecule has 0 unspecified atom stereocenters. The Labute approximate surface area is 221 Å². The zero-order valence-electron chi connectivity index (χ0n) is 21.5. The summed E-state index contributed by atoms with van der Waals surface area (Å²) in [5, 5.41) is 23.2. The fraction of sp³-hybridized carbons (Fsp3) is 0.385. The minimum atomic E-state index is 0.0688. The van der Waals surface area contributed by atoms with Crippen LogP contribution >= 0.6 is 0 Å². The van der Waals surface area contributed by atoms with E-state index in [4.69, 9.17) is 14.5 Å². The van der Waals surface area contributed by atoms with Crippen LogP contribution in [-0.4, -0.2) is 78.9 Å². The van der Waals surface area contributed by atoms with Gasteiger partial charge in [0, 0.05) is 31.7 Å². The largest absolute Gasteiger partial charge is 0.507 e. The molecule has 2 aromatic carbocycles. The molecule has 12 heteroatoms. The Bertz CT molecular complexity index is 1280. The van der Waals surface area contributed by atoms with Crippen molar-refractivity contribution in [3.05, 3.63) is 53.1 Å². The number of phenols is 1. The van der Waals surface area contributed by atoms with Crippen LogP contribution in [0.3, 0.4) is 0 Å². The normalized spacial score (nSPS) is 16.5. The Morgan fingerprint density at radius 2 is 1.37 bits per heavy atom. The highest BCUT2D eigenvalue weighted by atomic mass is 16.5. The van der Waals surface area contributed by atoms with Crippen LogP contribution in [0.2, 0.25) is 0 Å². The van der Waals surface area contributed by atoms with E-state index in [2.05, 4.69) is 47.4 Å². The third-order valence-electron chi connectivity index (χ3n) is 6.35. The quantitative estimate of drug-likeness (QED) is 0.273. The van der Waals surface area contributed by atoms with E-state index in [1.54, 1.807) is 18.2 Å². The van der Waals surface area contributed by atoms with E-state index in [0.717, 1.165) is 11.3 Å². The van der Waals surface area contributed by atoms with Gasteiger partial charge in [0.05, 0.1) is 44.0 Å². The van der Waals surface area contributed by atoms with E-state index < -0.39 is 0 Å². The molecule has 2 aliphatic rings. The number of nitrogens with one attached hydrogen (secondary N) is 1. The average Bonchev–Trinajstić information content (AvgIpc) is 2.96. The predicted octanol–water partition coefficient (Wildman–Crippen LogP) is 3.73. The second-order valence-corrected chi connectivity index (χ2v) is 9.04. The molecule has 198 valence electrons. The average molecular weight is 518 g/mol. The molecule has 12 nitrogen and oxygen atoms in total. The standard InChI is InChI=1S/C26H31N9O3/c1-18-3-4-21(15-19(18)2)31-32-22-5-6-23(36)20(16-22)17-27-33-24-28-25(34-7-11-37-12-8-34)30-26(29-24)35-9-13-38-14-10-35/h3-6,15-17,36H,7-14H2,1-2H3,(H,28,29,30,33)/b27-17-,32-31?. The molecule has 0 atom stereocenters. The van der Waals surface area contributed by atoms with E-state index in [1.807, 2.05) is 25.1 Å². The van der Waals surface area contributed by atoms with Gasteiger partial charge in [-0.2, -0.15) is 30.3 Å². The van der Waals surface area contributed by atoms with Crippen LogP contribution in [-0.2, 0) is 9.47 Å². The lowest BCUT2D eigenvalue weighted by atomic mass is 10.1. The SMILES string of the molecule is Cc1ccc(N=Nc2ccc(O)c(/C=N\Nc3nc(N4CCOCC4)nc(N4CCOCC4)n3)c2)cc1C. The molecule has 3 aromatic rings. The number of anilines is 3. The molecule has 0 saturated carbocycles. The number of hydrazone groups is 1. The zero-order chi connectivity index (χ0) is 26.3. The van der Waals surface area contributed by atoms with Gasteiger partial charge in [0.2, 0.25) is 17.8 Å². The van der Waals surface area contributed by atoms with Crippen molar-refractivity contribution in [3.63, 3.8) is 0 Å². The van der Waals surface area contributed by atoms with E-state index in [9.17, 15) is 5.11 Å². The highest BCUT2D eigenvalue weighted by Gasteiger charge is 2.20. The molecule has 0 spiro atoms. The van der Waals surface area contributed by atoms with E-state index >= 15 is 0 Å².